The first kappa shape index (κ1) is 20.5. The van der Waals surface area contributed by atoms with E-state index in [9.17, 15) is 13.2 Å². The van der Waals surface area contributed by atoms with Crippen LogP contribution in [0.5, 0.6) is 0 Å². The van der Waals surface area contributed by atoms with Gasteiger partial charge in [-0.15, -0.1) is 0 Å². The molecule has 0 aliphatic carbocycles. The Hall–Kier alpha value is -2.77. The second-order valence-corrected chi connectivity index (χ2v) is 10.1. The second-order valence-electron chi connectivity index (χ2n) is 8.13. The molecule has 1 amide bonds. The van der Waals surface area contributed by atoms with Crippen LogP contribution in [0.15, 0.2) is 65.7 Å². The van der Waals surface area contributed by atoms with Crippen molar-refractivity contribution in [3.05, 3.63) is 66.4 Å². The molecule has 1 aromatic heterocycles. The molecule has 0 spiro atoms. The zero-order valence-corrected chi connectivity index (χ0v) is 17.9. The number of nitrogens with zero attached hydrogens (tertiary/aromatic N) is 2. The Morgan fingerprint density at radius 3 is 2.37 bits per heavy atom. The first-order valence-electron chi connectivity index (χ1n) is 10.1. The molecule has 1 fully saturated rings. The number of hydrogen-bond donors (Lipinski definition) is 1. The van der Waals surface area contributed by atoms with E-state index >= 15 is 0 Å². The summed E-state index contributed by atoms with van der Waals surface area (Å²) in [5.74, 6) is 0.364. The monoisotopic (exact) mass is 423 g/mol. The number of benzene rings is 2. The van der Waals surface area contributed by atoms with Gasteiger partial charge >= 0.3 is 0 Å². The van der Waals surface area contributed by atoms with Crippen molar-refractivity contribution in [3.63, 3.8) is 0 Å². The average molecular weight is 424 g/mol. The highest BCUT2D eigenvalue weighted by atomic mass is 32.2. The summed E-state index contributed by atoms with van der Waals surface area (Å²) in [5.41, 5.74) is 1.72. The number of sulfonamides is 1. The van der Waals surface area contributed by atoms with E-state index < -0.39 is 10.0 Å². The molecule has 2 aromatic carbocycles. The highest BCUT2D eigenvalue weighted by Gasteiger charge is 2.31. The molecular formula is C23H25N3O3S. The molecule has 1 saturated heterocycles. The lowest BCUT2D eigenvalue weighted by atomic mass is 9.94. The van der Waals surface area contributed by atoms with Crippen molar-refractivity contribution in [1.82, 2.24) is 9.29 Å². The van der Waals surface area contributed by atoms with Crippen LogP contribution in [-0.4, -0.2) is 36.7 Å². The third-order valence-corrected chi connectivity index (χ3v) is 7.32. The summed E-state index contributed by atoms with van der Waals surface area (Å²) in [6.07, 6.45) is 2.72. The van der Waals surface area contributed by atoms with Crippen LogP contribution >= 0.6 is 0 Å². The lowest BCUT2D eigenvalue weighted by Gasteiger charge is -2.34. The fraction of sp³-hybridized carbons (Fsp3) is 0.304. The van der Waals surface area contributed by atoms with E-state index in [0.29, 0.717) is 41.7 Å². The summed E-state index contributed by atoms with van der Waals surface area (Å²) < 4.78 is 27.6. The van der Waals surface area contributed by atoms with E-state index in [1.165, 1.54) is 12.1 Å². The highest BCUT2D eigenvalue weighted by Crippen LogP contribution is 2.27. The molecule has 0 saturated carbocycles. The van der Waals surface area contributed by atoms with Crippen molar-refractivity contribution in [2.45, 2.75) is 25.2 Å². The number of fused-ring (bicyclic) bond motifs is 1. The summed E-state index contributed by atoms with van der Waals surface area (Å²) in [7, 11) is -3.57. The van der Waals surface area contributed by atoms with E-state index in [0.717, 1.165) is 11.8 Å². The van der Waals surface area contributed by atoms with Gasteiger partial charge in [-0.25, -0.2) is 8.42 Å². The number of para-hydroxylation sites is 1. The topological polar surface area (TPSA) is 79.4 Å². The number of nitrogens with one attached hydrogen (secondary N) is 1. The zero-order chi connectivity index (χ0) is 21.3. The van der Waals surface area contributed by atoms with Gasteiger partial charge in [0.05, 0.1) is 16.1 Å². The summed E-state index contributed by atoms with van der Waals surface area (Å²) in [4.78, 5) is 17.3. The summed E-state index contributed by atoms with van der Waals surface area (Å²) in [5, 5.41) is 3.81. The van der Waals surface area contributed by atoms with Crippen LogP contribution in [0.2, 0.25) is 0 Å². The van der Waals surface area contributed by atoms with Crippen molar-refractivity contribution >= 4 is 32.5 Å². The fourth-order valence-electron chi connectivity index (χ4n) is 4.13. The predicted octanol–water partition coefficient (Wildman–Crippen LogP) is 4.15. The lowest BCUT2D eigenvalue weighted by Crippen LogP contribution is -2.42. The Balaban J connectivity index is 1.53. The summed E-state index contributed by atoms with van der Waals surface area (Å²) in [6, 6.07) is 15.5. The summed E-state index contributed by atoms with van der Waals surface area (Å²) in [6.45, 7) is 5.22. The number of carbonyl (C=O) groups excluding carboxylic acids is 1. The van der Waals surface area contributed by atoms with Gasteiger partial charge in [0.15, 0.2) is 0 Å². The maximum atomic E-state index is 13.0. The molecule has 3 aromatic rings. The van der Waals surface area contributed by atoms with E-state index in [4.69, 9.17) is 0 Å². The van der Waals surface area contributed by atoms with E-state index in [2.05, 4.69) is 24.1 Å². The van der Waals surface area contributed by atoms with Gasteiger partial charge < -0.3 is 5.32 Å². The van der Waals surface area contributed by atoms with Crippen LogP contribution in [0.3, 0.4) is 0 Å². The largest absolute Gasteiger partial charge is 0.320 e. The molecule has 0 bridgehead atoms. The van der Waals surface area contributed by atoms with Crippen LogP contribution in [0.4, 0.5) is 5.69 Å². The number of amides is 1. The minimum Gasteiger partial charge on any atom is -0.320 e. The highest BCUT2D eigenvalue weighted by molar-refractivity contribution is 7.89. The van der Waals surface area contributed by atoms with Crippen LogP contribution in [-0.2, 0) is 10.0 Å². The van der Waals surface area contributed by atoms with Crippen molar-refractivity contribution in [1.29, 1.82) is 0 Å². The minimum absolute atomic E-state index is 0.215. The van der Waals surface area contributed by atoms with Crippen LogP contribution < -0.4 is 5.32 Å². The van der Waals surface area contributed by atoms with Crippen LogP contribution in [0.1, 0.15) is 30.6 Å². The number of pyridine rings is 1. The number of hydrogen-bond acceptors (Lipinski definition) is 4. The molecule has 7 heteroatoms. The molecule has 1 aliphatic heterocycles. The van der Waals surface area contributed by atoms with Crippen molar-refractivity contribution in [2.75, 3.05) is 18.4 Å². The Morgan fingerprint density at radius 2 is 1.67 bits per heavy atom. The summed E-state index contributed by atoms with van der Waals surface area (Å²) >= 11 is 0. The number of carbonyl (C=O) groups is 1. The standard InChI is InChI=1S/C23H25N3O3S/c1-16-13-17(2)15-26(14-16)30(28,29)20-10-8-19(9-11-20)23(27)25-21-7-3-5-18-6-4-12-24-22(18)21/h3-12,16-17H,13-15H2,1-2H3,(H,25,27). The molecule has 0 radical (unpaired) electrons. The van der Waals surface area contributed by atoms with Crippen molar-refractivity contribution in [3.8, 4) is 0 Å². The first-order valence-corrected chi connectivity index (χ1v) is 11.5. The third kappa shape index (κ3) is 4.08. The lowest BCUT2D eigenvalue weighted by molar-refractivity contribution is 0.102. The number of anilines is 1. The Labute approximate surface area is 177 Å². The van der Waals surface area contributed by atoms with Gasteiger partial charge in [-0.3, -0.25) is 9.78 Å². The van der Waals surface area contributed by atoms with Gasteiger partial charge in [-0.05, 0) is 54.7 Å². The van der Waals surface area contributed by atoms with Gasteiger partial charge in [0.2, 0.25) is 10.0 Å². The van der Waals surface area contributed by atoms with E-state index in [1.54, 1.807) is 28.7 Å². The van der Waals surface area contributed by atoms with E-state index in [-0.39, 0.29) is 10.8 Å². The van der Waals surface area contributed by atoms with Crippen LogP contribution in [0.25, 0.3) is 10.9 Å². The normalized spacial score (nSPS) is 20.2. The molecular weight excluding hydrogens is 398 g/mol. The average Bonchev–Trinajstić information content (AvgIpc) is 2.73. The fourth-order valence-corrected chi connectivity index (χ4v) is 5.81. The molecule has 1 N–H and O–H groups in total. The maximum absolute atomic E-state index is 13.0. The van der Waals surface area contributed by atoms with Crippen molar-refractivity contribution in [2.24, 2.45) is 11.8 Å². The quantitative estimate of drug-likeness (QED) is 0.684. The smallest absolute Gasteiger partial charge is 0.255 e. The number of piperidine rings is 1. The first-order chi connectivity index (χ1) is 14.3. The molecule has 2 atom stereocenters. The molecule has 30 heavy (non-hydrogen) atoms. The Bertz CT molecular complexity index is 1160. The van der Waals surface area contributed by atoms with Gasteiger partial charge in [-0.1, -0.05) is 32.0 Å². The predicted molar refractivity (Wildman–Crippen MR) is 118 cm³/mol. The van der Waals surface area contributed by atoms with Gasteiger partial charge in [0.25, 0.3) is 5.91 Å². The van der Waals surface area contributed by atoms with Crippen molar-refractivity contribution < 1.29 is 13.2 Å². The Morgan fingerprint density at radius 1 is 1.00 bits per heavy atom. The maximum Gasteiger partial charge on any atom is 0.255 e. The molecule has 2 unspecified atom stereocenters. The second kappa shape index (κ2) is 8.16. The number of aromatic nitrogens is 1. The SMILES string of the molecule is CC1CC(C)CN(S(=O)(=O)c2ccc(C(=O)Nc3cccc4cccnc34)cc2)C1. The zero-order valence-electron chi connectivity index (χ0n) is 17.1. The Kier molecular flexibility index (Phi) is 5.58. The molecule has 156 valence electrons. The van der Waals surface area contributed by atoms with Gasteiger partial charge in [0.1, 0.15) is 0 Å². The molecule has 1 aliphatic rings. The third-order valence-electron chi connectivity index (χ3n) is 5.47. The molecule has 6 nitrogen and oxygen atoms in total. The van der Waals surface area contributed by atoms with Crippen LogP contribution in [0, 0.1) is 11.8 Å². The van der Waals surface area contributed by atoms with Gasteiger partial charge in [-0.2, -0.15) is 4.31 Å². The molecule has 4 rings (SSSR count). The number of rotatable bonds is 4. The van der Waals surface area contributed by atoms with E-state index in [1.807, 2.05) is 24.3 Å². The molecule has 2 heterocycles. The minimum atomic E-state index is -3.57. The van der Waals surface area contributed by atoms with Gasteiger partial charge in [0, 0.05) is 30.2 Å².